The lowest BCUT2D eigenvalue weighted by Crippen LogP contribution is -2.58. The van der Waals surface area contributed by atoms with Gasteiger partial charge >= 0.3 is 0 Å². The van der Waals surface area contributed by atoms with Crippen molar-refractivity contribution in [3.8, 4) is 0 Å². The number of nitrogens with two attached hydrogens (primary N) is 1. The van der Waals surface area contributed by atoms with Crippen molar-refractivity contribution >= 4 is 0 Å². The summed E-state index contributed by atoms with van der Waals surface area (Å²) < 4.78 is 0. The molecule has 1 aliphatic rings. The van der Waals surface area contributed by atoms with Gasteiger partial charge in [0.25, 0.3) is 0 Å². The third-order valence-electron chi connectivity index (χ3n) is 1.15. The monoisotopic (exact) mass is 117 g/mol. The molecule has 48 valence electrons. The maximum atomic E-state index is 8.85. The average molecular weight is 117 g/mol. The molecule has 0 bridgehead atoms. The Morgan fingerprint density at radius 2 is 2.38 bits per heavy atom. The van der Waals surface area contributed by atoms with Gasteiger partial charge in [-0.3, -0.25) is 10.6 Å². The topological polar surface area (TPSA) is 70.3 Å². The minimum absolute atomic E-state index is 0.237. The van der Waals surface area contributed by atoms with E-state index in [1.165, 1.54) is 0 Å². The van der Waals surface area contributed by atoms with E-state index in [9.17, 15) is 0 Å². The van der Waals surface area contributed by atoms with Gasteiger partial charge in [0.15, 0.2) is 0 Å². The van der Waals surface area contributed by atoms with E-state index in [1.54, 1.807) is 0 Å². The first kappa shape index (κ1) is 5.97. The number of aliphatic hydroxyl groups excluding tert-OH is 1. The van der Waals surface area contributed by atoms with Crippen molar-refractivity contribution < 1.29 is 5.11 Å². The lowest BCUT2D eigenvalue weighted by molar-refractivity contribution is 0.0831. The van der Waals surface area contributed by atoms with Crippen LogP contribution in [-0.4, -0.2) is 24.2 Å². The number of aliphatic hydroxyl groups is 1. The van der Waals surface area contributed by atoms with Gasteiger partial charge in [-0.05, 0) is 6.42 Å². The predicted octanol–water partition coefficient (Wildman–Crippen LogP) is -1.87. The Hall–Kier alpha value is -0.160. The van der Waals surface area contributed by atoms with Crippen molar-refractivity contribution in [3.63, 3.8) is 0 Å². The summed E-state index contributed by atoms with van der Waals surface area (Å²) in [5.41, 5.74) is 5.34. The molecule has 0 aromatic rings. The molecule has 5 N–H and O–H groups in total. The van der Waals surface area contributed by atoms with Gasteiger partial charge in [0.05, 0.1) is 0 Å². The number of hydrogen-bond acceptors (Lipinski definition) is 4. The Morgan fingerprint density at radius 3 is 2.75 bits per heavy atom. The molecule has 2 unspecified atom stereocenters. The highest BCUT2D eigenvalue weighted by Crippen LogP contribution is 1.89. The van der Waals surface area contributed by atoms with E-state index in [-0.39, 0.29) is 6.29 Å². The molecule has 4 heteroatoms. The van der Waals surface area contributed by atoms with E-state index in [2.05, 4.69) is 10.6 Å². The molecular weight excluding hydrogens is 106 g/mol. The first-order valence-electron chi connectivity index (χ1n) is 2.72. The first-order valence-corrected chi connectivity index (χ1v) is 2.72. The lowest BCUT2D eigenvalue weighted by Gasteiger charge is -2.25. The van der Waals surface area contributed by atoms with Crippen molar-refractivity contribution in [1.29, 1.82) is 0 Å². The third-order valence-corrected chi connectivity index (χ3v) is 1.15. The van der Waals surface area contributed by atoms with E-state index >= 15 is 0 Å². The molecule has 0 aromatic heterocycles. The van der Waals surface area contributed by atoms with E-state index in [1.807, 2.05) is 0 Å². The average Bonchev–Trinajstić information content (AvgIpc) is 1.64. The molecule has 1 rings (SSSR count). The lowest BCUT2D eigenvalue weighted by atomic mass is 10.3. The van der Waals surface area contributed by atoms with Crippen molar-refractivity contribution in [2.75, 3.05) is 6.54 Å². The molecule has 1 aliphatic heterocycles. The molecule has 0 aliphatic carbocycles. The molecule has 4 nitrogen and oxygen atoms in total. The Morgan fingerprint density at radius 1 is 1.62 bits per heavy atom. The second kappa shape index (κ2) is 2.41. The molecule has 0 aromatic carbocycles. The van der Waals surface area contributed by atoms with Crippen LogP contribution in [0.3, 0.4) is 0 Å². The highest BCUT2D eigenvalue weighted by atomic mass is 16.3. The minimum Gasteiger partial charge on any atom is -0.378 e. The Balaban J connectivity index is 2.23. The quantitative estimate of drug-likeness (QED) is 0.300. The third kappa shape index (κ3) is 1.41. The standard InChI is InChI=1S/C4H11N3O/c5-4-6-2-1-3(8)7-4/h3-4,6-8H,1-2,5H2. The van der Waals surface area contributed by atoms with Gasteiger partial charge in [0.1, 0.15) is 12.5 Å². The highest BCUT2D eigenvalue weighted by molar-refractivity contribution is 4.67. The van der Waals surface area contributed by atoms with Crippen LogP contribution < -0.4 is 16.4 Å². The molecular formula is C4H11N3O. The van der Waals surface area contributed by atoms with Gasteiger partial charge < -0.3 is 10.8 Å². The van der Waals surface area contributed by atoms with Crippen molar-refractivity contribution in [1.82, 2.24) is 10.6 Å². The zero-order valence-electron chi connectivity index (χ0n) is 4.59. The van der Waals surface area contributed by atoms with Gasteiger partial charge in [-0.15, -0.1) is 0 Å². The predicted molar refractivity (Wildman–Crippen MR) is 29.7 cm³/mol. The zero-order valence-corrected chi connectivity index (χ0v) is 4.59. The minimum atomic E-state index is -0.425. The van der Waals surface area contributed by atoms with E-state index in [0.29, 0.717) is 0 Å². The van der Waals surface area contributed by atoms with Crippen molar-refractivity contribution in [2.45, 2.75) is 18.9 Å². The Kier molecular flexibility index (Phi) is 1.80. The molecule has 0 amide bonds. The van der Waals surface area contributed by atoms with Gasteiger partial charge in [-0.2, -0.15) is 0 Å². The fraction of sp³-hybridized carbons (Fsp3) is 1.00. The molecule has 0 spiro atoms. The Bertz CT molecular complexity index is 69.7. The summed E-state index contributed by atoms with van der Waals surface area (Å²) in [7, 11) is 0. The summed E-state index contributed by atoms with van der Waals surface area (Å²) in [5, 5.41) is 14.5. The van der Waals surface area contributed by atoms with Crippen LogP contribution in [0.1, 0.15) is 6.42 Å². The van der Waals surface area contributed by atoms with E-state index < -0.39 is 6.23 Å². The van der Waals surface area contributed by atoms with Crippen LogP contribution in [0.25, 0.3) is 0 Å². The molecule has 2 atom stereocenters. The number of rotatable bonds is 0. The van der Waals surface area contributed by atoms with Crippen LogP contribution in [0.4, 0.5) is 0 Å². The molecule has 0 saturated carbocycles. The van der Waals surface area contributed by atoms with E-state index in [0.717, 1.165) is 13.0 Å². The van der Waals surface area contributed by atoms with Gasteiger partial charge in [-0.25, -0.2) is 0 Å². The van der Waals surface area contributed by atoms with Gasteiger partial charge in [0.2, 0.25) is 0 Å². The highest BCUT2D eigenvalue weighted by Gasteiger charge is 2.12. The summed E-state index contributed by atoms with van der Waals surface area (Å²) in [6.45, 7) is 0.787. The molecule has 1 heterocycles. The second-order valence-electron chi connectivity index (χ2n) is 1.90. The number of nitrogens with one attached hydrogen (secondary N) is 2. The van der Waals surface area contributed by atoms with Crippen molar-refractivity contribution in [2.24, 2.45) is 5.73 Å². The summed E-state index contributed by atoms with van der Waals surface area (Å²) in [5.74, 6) is 0. The Labute approximate surface area is 48.1 Å². The van der Waals surface area contributed by atoms with Crippen LogP contribution in [-0.2, 0) is 0 Å². The van der Waals surface area contributed by atoms with Crippen LogP contribution in [0.2, 0.25) is 0 Å². The summed E-state index contributed by atoms with van der Waals surface area (Å²) in [6.07, 6.45) is 0.0678. The zero-order chi connectivity index (χ0) is 5.98. The van der Waals surface area contributed by atoms with Gasteiger partial charge in [-0.1, -0.05) is 0 Å². The maximum Gasteiger partial charge on any atom is 0.111 e. The second-order valence-corrected chi connectivity index (χ2v) is 1.90. The van der Waals surface area contributed by atoms with Crippen LogP contribution in [0.5, 0.6) is 0 Å². The normalized spacial score (nSPS) is 39.8. The smallest absolute Gasteiger partial charge is 0.111 e. The molecule has 8 heavy (non-hydrogen) atoms. The fourth-order valence-electron chi connectivity index (χ4n) is 0.725. The van der Waals surface area contributed by atoms with E-state index in [4.69, 9.17) is 10.8 Å². The number of hydrogen-bond donors (Lipinski definition) is 4. The van der Waals surface area contributed by atoms with Gasteiger partial charge in [0, 0.05) is 6.54 Å². The summed E-state index contributed by atoms with van der Waals surface area (Å²) >= 11 is 0. The van der Waals surface area contributed by atoms with Crippen LogP contribution >= 0.6 is 0 Å². The SMILES string of the molecule is NC1NCCC(O)N1. The maximum absolute atomic E-state index is 8.85. The van der Waals surface area contributed by atoms with Crippen molar-refractivity contribution in [3.05, 3.63) is 0 Å². The van der Waals surface area contributed by atoms with Crippen LogP contribution in [0, 0.1) is 0 Å². The molecule has 0 radical (unpaired) electrons. The fourth-order valence-corrected chi connectivity index (χ4v) is 0.725. The molecule has 1 fully saturated rings. The first-order chi connectivity index (χ1) is 3.79. The molecule has 1 saturated heterocycles. The summed E-state index contributed by atoms with van der Waals surface area (Å²) in [6, 6.07) is 0. The largest absolute Gasteiger partial charge is 0.378 e. The van der Waals surface area contributed by atoms with Crippen LogP contribution in [0.15, 0.2) is 0 Å². The summed E-state index contributed by atoms with van der Waals surface area (Å²) in [4.78, 5) is 0.